The van der Waals surface area contributed by atoms with Gasteiger partial charge in [-0.3, -0.25) is 10.1 Å². The van der Waals surface area contributed by atoms with Gasteiger partial charge in [0.05, 0.1) is 16.4 Å². The van der Waals surface area contributed by atoms with Gasteiger partial charge in [-0.1, -0.05) is 12.1 Å². The highest BCUT2D eigenvalue weighted by atomic mass is 19.1. The lowest BCUT2D eigenvalue weighted by molar-refractivity contribution is -0.121. The number of carbonyl (C=O) groups excluding carboxylic acids is 1. The van der Waals surface area contributed by atoms with Crippen LogP contribution in [-0.2, 0) is 18.3 Å². The number of phenolic OH excluding ortho intramolecular Hbond substituents is 1. The minimum Gasteiger partial charge on any atom is -0.508 e. The van der Waals surface area contributed by atoms with Crippen molar-refractivity contribution in [3.63, 3.8) is 0 Å². The summed E-state index contributed by atoms with van der Waals surface area (Å²) in [5, 5.41) is 12.3. The standard InChI is InChI=1S/C19H18FN3O2/c1-23-16-7-4-13(20)10-15(16)21-18(23)22-17(25)19(8-9-19)11-12-2-5-14(24)6-3-12/h2-7,10,24H,8-9,11H2,1H3,(H,21,22,25). The Morgan fingerprint density at radius 3 is 2.68 bits per heavy atom. The molecule has 4 rings (SSSR count). The number of benzene rings is 2. The SMILES string of the molecule is Cn1c(NC(=O)C2(Cc3ccc(O)cc3)CC2)nc2cc(F)ccc21. The van der Waals surface area contributed by atoms with E-state index in [0.29, 0.717) is 17.9 Å². The molecule has 1 aliphatic rings. The van der Waals surface area contributed by atoms with E-state index in [2.05, 4.69) is 10.3 Å². The summed E-state index contributed by atoms with van der Waals surface area (Å²) < 4.78 is 15.1. The first-order chi connectivity index (χ1) is 12.0. The molecule has 25 heavy (non-hydrogen) atoms. The van der Waals surface area contributed by atoms with Crippen LogP contribution in [0.15, 0.2) is 42.5 Å². The van der Waals surface area contributed by atoms with E-state index < -0.39 is 5.41 Å². The van der Waals surface area contributed by atoms with Gasteiger partial charge in [-0.15, -0.1) is 0 Å². The highest BCUT2D eigenvalue weighted by Crippen LogP contribution is 2.49. The second-order valence-corrected chi connectivity index (χ2v) is 6.71. The first-order valence-electron chi connectivity index (χ1n) is 8.18. The molecule has 5 nitrogen and oxygen atoms in total. The van der Waals surface area contributed by atoms with Gasteiger partial charge in [-0.25, -0.2) is 9.37 Å². The third-order valence-corrected chi connectivity index (χ3v) is 4.88. The Hall–Kier alpha value is -2.89. The van der Waals surface area contributed by atoms with Gasteiger partial charge >= 0.3 is 0 Å². The van der Waals surface area contributed by atoms with Crippen LogP contribution in [0, 0.1) is 11.2 Å². The molecule has 1 amide bonds. The topological polar surface area (TPSA) is 67.2 Å². The molecule has 0 atom stereocenters. The minimum atomic E-state index is -0.430. The number of hydrogen-bond donors (Lipinski definition) is 2. The summed E-state index contributed by atoms with van der Waals surface area (Å²) in [4.78, 5) is 17.1. The number of imidazole rings is 1. The molecule has 0 spiro atoms. The van der Waals surface area contributed by atoms with Gasteiger partial charge in [0.15, 0.2) is 0 Å². The zero-order chi connectivity index (χ0) is 17.6. The Morgan fingerprint density at radius 1 is 1.28 bits per heavy atom. The van der Waals surface area contributed by atoms with E-state index in [1.807, 2.05) is 12.1 Å². The molecule has 2 N–H and O–H groups in total. The number of anilines is 1. The summed E-state index contributed by atoms with van der Waals surface area (Å²) >= 11 is 0. The summed E-state index contributed by atoms with van der Waals surface area (Å²) in [5.41, 5.74) is 1.86. The third kappa shape index (κ3) is 2.84. The van der Waals surface area contributed by atoms with E-state index in [4.69, 9.17) is 0 Å². The zero-order valence-electron chi connectivity index (χ0n) is 13.8. The van der Waals surface area contributed by atoms with Crippen LogP contribution in [0.2, 0.25) is 0 Å². The van der Waals surface area contributed by atoms with Gasteiger partial charge in [0, 0.05) is 13.1 Å². The second-order valence-electron chi connectivity index (χ2n) is 6.71. The van der Waals surface area contributed by atoms with Crippen molar-refractivity contribution in [2.24, 2.45) is 12.5 Å². The quantitative estimate of drug-likeness (QED) is 0.766. The fraction of sp³-hybridized carbons (Fsp3) is 0.263. The van der Waals surface area contributed by atoms with E-state index in [-0.39, 0.29) is 17.5 Å². The van der Waals surface area contributed by atoms with Gasteiger partial charge in [0.25, 0.3) is 0 Å². The average molecular weight is 339 g/mol. The summed E-state index contributed by atoms with van der Waals surface area (Å²) in [7, 11) is 1.79. The van der Waals surface area contributed by atoms with Crippen molar-refractivity contribution in [1.29, 1.82) is 0 Å². The lowest BCUT2D eigenvalue weighted by atomic mass is 9.95. The molecule has 6 heteroatoms. The number of nitrogens with one attached hydrogen (secondary N) is 1. The van der Waals surface area contributed by atoms with Crippen molar-refractivity contribution in [2.75, 3.05) is 5.32 Å². The average Bonchev–Trinajstić information content (AvgIpc) is 3.30. The van der Waals surface area contributed by atoms with E-state index >= 15 is 0 Å². The molecule has 128 valence electrons. The van der Waals surface area contributed by atoms with E-state index in [9.17, 15) is 14.3 Å². The molecule has 1 fully saturated rings. The van der Waals surface area contributed by atoms with Gasteiger partial charge in [-0.05, 0) is 49.1 Å². The first kappa shape index (κ1) is 15.6. The number of amides is 1. The van der Waals surface area contributed by atoms with Crippen LogP contribution in [0.1, 0.15) is 18.4 Å². The maximum absolute atomic E-state index is 13.4. The number of aryl methyl sites for hydroxylation is 1. The van der Waals surface area contributed by atoms with Crippen molar-refractivity contribution >= 4 is 22.9 Å². The summed E-state index contributed by atoms with van der Waals surface area (Å²) in [6.45, 7) is 0. The Bertz CT molecular complexity index is 959. The molecule has 1 aliphatic carbocycles. The number of rotatable bonds is 4. The van der Waals surface area contributed by atoms with Crippen LogP contribution in [0.25, 0.3) is 11.0 Å². The number of phenols is 1. The van der Waals surface area contributed by atoms with E-state index in [0.717, 1.165) is 23.9 Å². The molecule has 3 aromatic rings. The van der Waals surface area contributed by atoms with E-state index in [1.54, 1.807) is 29.8 Å². The van der Waals surface area contributed by atoms with Crippen LogP contribution in [0.3, 0.4) is 0 Å². The fourth-order valence-electron chi connectivity index (χ4n) is 3.16. The van der Waals surface area contributed by atoms with E-state index in [1.165, 1.54) is 12.1 Å². The fourth-order valence-corrected chi connectivity index (χ4v) is 3.16. The van der Waals surface area contributed by atoms with Gasteiger partial charge < -0.3 is 9.67 Å². The number of nitrogens with zero attached hydrogens (tertiary/aromatic N) is 2. The number of hydrogen-bond acceptors (Lipinski definition) is 3. The van der Waals surface area contributed by atoms with Crippen LogP contribution in [0.4, 0.5) is 10.3 Å². The third-order valence-electron chi connectivity index (χ3n) is 4.88. The Kier molecular flexibility index (Phi) is 3.49. The van der Waals surface area contributed by atoms with Crippen LogP contribution >= 0.6 is 0 Å². The zero-order valence-corrected chi connectivity index (χ0v) is 13.8. The summed E-state index contributed by atoms with van der Waals surface area (Å²) in [6.07, 6.45) is 2.26. The molecule has 2 aromatic carbocycles. The maximum Gasteiger partial charge on any atom is 0.233 e. The Morgan fingerprint density at radius 2 is 2.00 bits per heavy atom. The van der Waals surface area contributed by atoms with Crippen molar-refractivity contribution in [3.8, 4) is 5.75 Å². The molecular weight excluding hydrogens is 321 g/mol. The lowest BCUT2D eigenvalue weighted by Gasteiger charge is -2.15. The largest absolute Gasteiger partial charge is 0.508 e. The molecule has 0 saturated heterocycles. The molecular formula is C19H18FN3O2. The maximum atomic E-state index is 13.4. The van der Waals surface area contributed by atoms with Crippen molar-refractivity contribution in [3.05, 3.63) is 53.8 Å². The monoisotopic (exact) mass is 339 g/mol. The Labute approximate surface area is 144 Å². The van der Waals surface area contributed by atoms with Crippen LogP contribution in [0.5, 0.6) is 5.75 Å². The number of aromatic nitrogens is 2. The normalized spacial score (nSPS) is 15.3. The molecule has 0 aliphatic heterocycles. The molecule has 0 bridgehead atoms. The lowest BCUT2D eigenvalue weighted by Crippen LogP contribution is -2.27. The first-order valence-corrected chi connectivity index (χ1v) is 8.18. The Balaban J connectivity index is 1.55. The van der Waals surface area contributed by atoms with Crippen LogP contribution in [-0.4, -0.2) is 20.6 Å². The number of halogens is 1. The van der Waals surface area contributed by atoms with Crippen LogP contribution < -0.4 is 5.32 Å². The van der Waals surface area contributed by atoms with Gasteiger partial charge in [0.1, 0.15) is 11.6 Å². The van der Waals surface area contributed by atoms with Gasteiger partial charge in [-0.2, -0.15) is 0 Å². The predicted octanol–water partition coefficient (Wildman–Crippen LogP) is 3.38. The van der Waals surface area contributed by atoms with Crippen molar-refractivity contribution < 1.29 is 14.3 Å². The summed E-state index contributed by atoms with van der Waals surface area (Å²) in [5.74, 6) is 0.210. The molecule has 1 saturated carbocycles. The van der Waals surface area contributed by atoms with Crippen molar-refractivity contribution in [1.82, 2.24) is 9.55 Å². The minimum absolute atomic E-state index is 0.0700. The highest BCUT2D eigenvalue weighted by Gasteiger charge is 2.49. The van der Waals surface area contributed by atoms with Crippen molar-refractivity contribution in [2.45, 2.75) is 19.3 Å². The second kappa shape index (κ2) is 5.58. The summed E-state index contributed by atoms with van der Waals surface area (Å²) in [6, 6.07) is 11.3. The smallest absolute Gasteiger partial charge is 0.233 e. The number of aromatic hydroxyl groups is 1. The molecule has 1 aromatic heterocycles. The number of carbonyl (C=O) groups is 1. The number of fused-ring (bicyclic) bond motifs is 1. The highest BCUT2D eigenvalue weighted by molar-refractivity contribution is 5.97. The molecule has 1 heterocycles. The molecule has 0 radical (unpaired) electrons. The molecule has 0 unspecified atom stereocenters. The van der Waals surface area contributed by atoms with Gasteiger partial charge in [0.2, 0.25) is 11.9 Å². The predicted molar refractivity (Wildman–Crippen MR) is 92.8 cm³/mol.